The molecular formula is C17H22N4O3. The molecule has 0 amide bonds. The van der Waals surface area contributed by atoms with Crippen LogP contribution in [0.2, 0.25) is 0 Å². The maximum Gasteiger partial charge on any atom is 0.252 e. The molecule has 0 unspecified atom stereocenters. The lowest BCUT2D eigenvalue weighted by Gasteiger charge is -2.11. The number of H-pyrrole nitrogens is 1. The molecule has 2 aromatic rings. The molecule has 0 aliphatic carbocycles. The summed E-state index contributed by atoms with van der Waals surface area (Å²) >= 11 is 0. The quantitative estimate of drug-likeness (QED) is 0.574. The molecule has 2 rings (SSSR count). The Bertz CT molecular complexity index is 756. The Morgan fingerprint density at radius 2 is 2.08 bits per heavy atom. The average Bonchev–Trinajstić information content (AvgIpc) is 2.53. The van der Waals surface area contributed by atoms with Gasteiger partial charge in [0.25, 0.3) is 5.56 Å². The van der Waals surface area contributed by atoms with Gasteiger partial charge >= 0.3 is 0 Å². The number of nitrogens with one attached hydrogen (secondary N) is 2. The van der Waals surface area contributed by atoms with E-state index in [4.69, 9.17) is 9.47 Å². The van der Waals surface area contributed by atoms with Crippen molar-refractivity contribution < 1.29 is 9.47 Å². The van der Waals surface area contributed by atoms with Crippen LogP contribution in [0.15, 0.2) is 34.2 Å². The molecule has 1 aromatic carbocycles. The van der Waals surface area contributed by atoms with Crippen LogP contribution in [0.4, 0.5) is 5.95 Å². The van der Waals surface area contributed by atoms with Gasteiger partial charge in [0.2, 0.25) is 5.95 Å². The number of anilines is 1. The summed E-state index contributed by atoms with van der Waals surface area (Å²) in [7, 11) is 0. The fraction of sp³-hybridized carbons (Fsp3) is 0.353. The van der Waals surface area contributed by atoms with Gasteiger partial charge in [0.15, 0.2) is 11.5 Å². The van der Waals surface area contributed by atoms with E-state index in [9.17, 15) is 4.79 Å². The first-order valence-electron chi connectivity index (χ1n) is 7.89. The van der Waals surface area contributed by atoms with Crippen molar-refractivity contribution in [3.05, 3.63) is 45.9 Å². The molecule has 0 aliphatic heterocycles. The Balaban J connectivity index is 2.10. The van der Waals surface area contributed by atoms with Crippen LogP contribution in [0, 0.1) is 6.92 Å². The monoisotopic (exact) mass is 330 g/mol. The molecule has 0 aliphatic rings. The Morgan fingerprint density at radius 3 is 2.79 bits per heavy atom. The van der Waals surface area contributed by atoms with Crippen LogP contribution in [0.1, 0.15) is 31.5 Å². The highest BCUT2D eigenvalue weighted by atomic mass is 16.5. The van der Waals surface area contributed by atoms with Gasteiger partial charge < -0.3 is 9.47 Å². The molecule has 1 aromatic heterocycles. The van der Waals surface area contributed by atoms with Gasteiger partial charge in [-0.1, -0.05) is 6.92 Å². The van der Waals surface area contributed by atoms with Crippen molar-refractivity contribution in [2.75, 3.05) is 18.6 Å². The normalized spacial score (nSPS) is 10.8. The lowest BCUT2D eigenvalue weighted by Crippen LogP contribution is -2.10. The highest BCUT2D eigenvalue weighted by Crippen LogP contribution is 2.28. The second kappa shape index (κ2) is 8.71. The number of aryl methyl sites for hydroxylation is 1. The van der Waals surface area contributed by atoms with E-state index in [1.165, 1.54) is 6.07 Å². The number of benzene rings is 1. The van der Waals surface area contributed by atoms with E-state index >= 15 is 0 Å². The molecule has 0 bridgehead atoms. The van der Waals surface area contributed by atoms with Gasteiger partial charge in [-0.15, -0.1) is 0 Å². The molecule has 1 heterocycles. The number of aromatic nitrogens is 2. The number of aromatic amines is 1. The molecule has 24 heavy (non-hydrogen) atoms. The van der Waals surface area contributed by atoms with Crippen LogP contribution in [0.25, 0.3) is 0 Å². The topological polar surface area (TPSA) is 88.6 Å². The van der Waals surface area contributed by atoms with Gasteiger partial charge in [-0.2, -0.15) is 5.10 Å². The molecule has 0 spiro atoms. The number of nitrogens with zero attached hydrogens (tertiary/aromatic N) is 2. The molecule has 0 saturated carbocycles. The van der Waals surface area contributed by atoms with Crippen LogP contribution < -0.4 is 20.5 Å². The fourth-order valence-corrected chi connectivity index (χ4v) is 2.00. The van der Waals surface area contributed by atoms with Crippen molar-refractivity contribution in [3.8, 4) is 11.5 Å². The maximum absolute atomic E-state index is 11.4. The van der Waals surface area contributed by atoms with Gasteiger partial charge in [0, 0.05) is 11.8 Å². The summed E-state index contributed by atoms with van der Waals surface area (Å²) in [5, 5.41) is 4.08. The minimum Gasteiger partial charge on any atom is -0.490 e. The number of hydrazone groups is 1. The first-order valence-corrected chi connectivity index (χ1v) is 7.89. The van der Waals surface area contributed by atoms with E-state index in [1.54, 1.807) is 13.1 Å². The van der Waals surface area contributed by atoms with E-state index < -0.39 is 0 Å². The summed E-state index contributed by atoms with van der Waals surface area (Å²) in [6, 6.07) is 7.00. The van der Waals surface area contributed by atoms with Crippen LogP contribution in [-0.4, -0.2) is 29.4 Å². The van der Waals surface area contributed by atoms with E-state index in [0.717, 1.165) is 12.0 Å². The Labute approximate surface area is 140 Å². The Kier molecular flexibility index (Phi) is 6.36. The molecule has 7 heteroatoms. The SMILES string of the molecule is CCCOc1ccc(/C=N/Nc2nc(C)cc(=O)[nH]2)cc1OCC. The number of ether oxygens (including phenoxy) is 2. The summed E-state index contributed by atoms with van der Waals surface area (Å²) in [6.07, 6.45) is 2.55. The number of hydrogen-bond acceptors (Lipinski definition) is 6. The minimum atomic E-state index is -0.226. The van der Waals surface area contributed by atoms with Crippen LogP contribution in [0.3, 0.4) is 0 Å². The van der Waals surface area contributed by atoms with Crippen molar-refractivity contribution in [1.29, 1.82) is 0 Å². The summed E-state index contributed by atoms with van der Waals surface area (Å²) < 4.78 is 11.3. The molecule has 0 atom stereocenters. The molecule has 128 valence electrons. The van der Waals surface area contributed by atoms with Crippen molar-refractivity contribution in [1.82, 2.24) is 9.97 Å². The van der Waals surface area contributed by atoms with Gasteiger partial charge in [0.05, 0.1) is 19.4 Å². The first-order chi connectivity index (χ1) is 11.6. The van der Waals surface area contributed by atoms with Gasteiger partial charge in [-0.25, -0.2) is 10.4 Å². The lowest BCUT2D eigenvalue weighted by molar-refractivity contribution is 0.277. The number of hydrogen-bond donors (Lipinski definition) is 2. The van der Waals surface area contributed by atoms with Crippen molar-refractivity contribution in [2.45, 2.75) is 27.2 Å². The van der Waals surface area contributed by atoms with E-state index in [1.807, 2.05) is 25.1 Å². The standard InChI is InChI=1S/C17H22N4O3/c1-4-8-24-14-7-6-13(10-15(14)23-5-2)11-18-21-17-19-12(3)9-16(22)20-17/h6-7,9-11H,4-5,8H2,1-3H3,(H2,19,20,21,22)/b18-11+. The zero-order valence-electron chi connectivity index (χ0n) is 14.1. The van der Waals surface area contributed by atoms with Gasteiger partial charge in [-0.05, 0) is 44.0 Å². The summed E-state index contributed by atoms with van der Waals surface area (Å²) in [5.74, 6) is 1.69. The fourth-order valence-electron chi connectivity index (χ4n) is 2.00. The largest absolute Gasteiger partial charge is 0.490 e. The smallest absolute Gasteiger partial charge is 0.252 e. The maximum atomic E-state index is 11.4. The van der Waals surface area contributed by atoms with Gasteiger partial charge in [-0.3, -0.25) is 9.78 Å². The summed E-state index contributed by atoms with van der Waals surface area (Å²) in [5.41, 5.74) is 3.94. The lowest BCUT2D eigenvalue weighted by atomic mass is 10.2. The van der Waals surface area contributed by atoms with Crippen LogP contribution in [0.5, 0.6) is 11.5 Å². The molecule has 0 fully saturated rings. The zero-order chi connectivity index (χ0) is 17.4. The molecular weight excluding hydrogens is 308 g/mol. The Morgan fingerprint density at radius 1 is 1.25 bits per heavy atom. The third-order valence-corrected chi connectivity index (χ3v) is 2.98. The second-order valence-corrected chi connectivity index (χ2v) is 5.09. The predicted molar refractivity (Wildman–Crippen MR) is 94.2 cm³/mol. The van der Waals surface area contributed by atoms with Crippen molar-refractivity contribution in [3.63, 3.8) is 0 Å². The third kappa shape index (κ3) is 5.12. The Hall–Kier alpha value is -2.83. The minimum absolute atomic E-state index is 0.226. The third-order valence-electron chi connectivity index (χ3n) is 2.98. The van der Waals surface area contributed by atoms with Crippen molar-refractivity contribution >= 4 is 12.2 Å². The molecule has 7 nitrogen and oxygen atoms in total. The van der Waals surface area contributed by atoms with Gasteiger partial charge in [0.1, 0.15) is 0 Å². The van der Waals surface area contributed by atoms with Crippen LogP contribution >= 0.6 is 0 Å². The highest BCUT2D eigenvalue weighted by Gasteiger charge is 2.05. The number of rotatable bonds is 8. The molecule has 0 saturated heterocycles. The summed E-state index contributed by atoms with van der Waals surface area (Å²) in [4.78, 5) is 18.1. The van der Waals surface area contributed by atoms with Crippen molar-refractivity contribution in [2.24, 2.45) is 5.10 Å². The second-order valence-electron chi connectivity index (χ2n) is 5.09. The summed E-state index contributed by atoms with van der Waals surface area (Å²) in [6.45, 7) is 6.91. The zero-order valence-corrected chi connectivity index (χ0v) is 14.1. The van der Waals surface area contributed by atoms with E-state index in [-0.39, 0.29) is 5.56 Å². The predicted octanol–water partition coefficient (Wildman–Crippen LogP) is 2.71. The molecule has 0 radical (unpaired) electrons. The van der Waals surface area contributed by atoms with E-state index in [0.29, 0.717) is 36.4 Å². The van der Waals surface area contributed by atoms with E-state index in [2.05, 4.69) is 27.4 Å². The highest BCUT2D eigenvalue weighted by molar-refractivity contribution is 5.81. The molecule has 2 N–H and O–H groups in total. The average molecular weight is 330 g/mol. The first kappa shape index (κ1) is 17.5. The van der Waals surface area contributed by atoms with Crippen LogP contribution in [-0.2, 0) is 0 Å².